The molecule has 0 saturated carbocycles. The highest BCUT2D eigenvalue weighted by Gasteiger charge is 2.27. The second-order valence-corrected chi connectivity index (χ2v) is 5.93. The smallest absolute Gasteiger partial charge is 0.144 e. The quantitative estimate of drug-likeness (QED) is 0.814. The molecular weight excluding hydrogens is 244 g/mol. The second-order valence-electron chi connectivity index (χ2n) is 5.93. The van der Waals surface area contributed by atoms with Gasteiger partial charge in [-0.2, -0.15) is 0 Å². The molecule has 2 aromatic carbocycles. The molecule has 0 fully saturated rings. The van der Waals surface area contributed by atoms with Crippen LogP contribution in [0.4, 0.5) is 0 Å². The van der Waals surface area contributed by atoms with Crippen LogP contribution < -0.4 is 0 Å². The molecule has 1 aliphatic rings. The maximum Gasteiger partial charge on any atom is 0.144 e. The number of Topliss-reactive ketones (excluding diaryl/α,β-unsaturated/α-hetero) is 1. The third-order valence-electron chi connectivity index (χ3n) is 4.18. The maximum absolute atomic E-state index is 12.6. The highest BCUT2D eigenvalue weighted by atomic mass is 16.1. The van der Waals surface area contributed by atoms with Crippen molar-refractivity contribution >= 4 is 5.78 Å². The Labute approximate surface area is 120 Å². The number of carbonyl (C=O) groups is 1. The predicted molar refractivity (Wildman–Crippen MR) is 82.1 cm³/mol. The first-order valence-corrected chi connectivity index (χ1v) is 7.31. The van der Waals surface area contributed by atoms with Crippen LogP contribution in [0.1, 0.15) is 40.2 Å². The van der Waals surface area contributed by atoms with E-state index in [0.29, 0.717) is 12.2 Å². The Balaban J connectivity index is 1.81. The van der Waals surface area contributed by atoms with Gasteiger partial charge >= 0.3 is 0 Å². The van der Waals surface area contributed by atoms with E-state index in [1.165, 1.54) is 22.3 Å². The van der Waals surface area contributed by atoms with Crippen LogP contribution in [-0.2, 0) is 17.6 Å². The molecule has 1 atom stereocenters. The molecule has 1 aliphatic carbocycles. The third kappa shape index (κ3) is 2.53. The number of carbonyl (C=O) groups excluding carboxylic acids is 1. The average molecular weight is 264 g/mol. The molecule has 102 valence electrons. The van der Waals surface area contributed by atoms with Gasteiger partial charge in [-0.3, -0.25) is 4.79 Å². The van der Waals surface area contributed by atoms with Gasteiger partial charge in [0.2, 0.25) is 0 Å². The lowest BCUT2D eigenvalue weighted by Crippen LogP contribution is -2.12. The third-order valence-corrected chi connectivity index (χ3v) is 4.18. The summed E-state index contributed by atoms with van der Waals surface area (Å²) in [5.74, 6) is 0.465. The lowest BCUT2D eigenvalue weighted by atomic mass is 9.92. The zero-order valence-corrected chi connectivity index (χ0v) is 12.1. The molecule has 0 aliphatic heterocycles. The summed E-state index contributed by atoms with van der Waals surface area (Å²) in [5, 5.41) is 0. The Morgan fingerprint density at radius 3 is 2.55 bits per heavy atom. The van der Waals surface area contributed by atoms with E-state index in [4.69, 9.17) is 0 Å². The minimum absolute atomic E-state index is 0.104. The molecule has 20 heavy (non-hydrogen) atoms. The molecule has 0 saturated heterocycles. The van der Waals surface area contributed by atoms with E-state index in [2.05, 4.69) is 50.2 Å². The number of hydrogen-bond acceptors (Lipinski definition) is 1. The van der Waals surface area contributed by atoms with Crippen LogP contribution in [0.15, 0.2) is 42.5 Å². The van der Waals surface area contributed by atoms with Gasteiger partial charge in [0.05, 0.1) is 0 Å². The summed E-state index contributed by atoms with van der Waals surface area (Å²) in [7, 11) is 0. The highest BCUT2D eigenvalue weighted by molar-refractivity contribution is 5.88. The normalized spacial score (nSPS) is 17.0. The summed E-state index contributed by atoms with van der Waals surface area (Å²) in [6, 6.07) is 14.8. The molecule has 1 unspecified atom stereocenters. The van der Waals surface area contributed by atoms with Gasteiger partial charge in [-0.15, -0.1) is 0 Å². The van der Waals surface area contributed by atoms with E-state index in [0.717, 1.165) is 18.4 Å². The van der Waals surface area contributed by atoms with Crippen LogP contribution in [0.25, 0.3) is 0 Å². The van der Waals surface area contributed by atoms with Crippen molar-refractivity contribution in [2.75, 3.05) is 0 Å². The highest BCUT2D eigenvalue weighted by Crippen LogP contribution is 2.34. The molecule has 0 amide bonds. The molecule has 0 N–H and O–H groups in total. The van der Waals surface area contributed by atoms with E-state index in [1.54, 1.807) is 0 Å². The van der Waals surface area contributed by atoms with Crippen LogP contribution in [0, 0.1) is 13.8 Å². The van der Waals surface area contributed by atoms with Gasteiger partial charge in [-0.1, -0.05) is 53.6 Å². The van der Waals surface area contributed by atoms with Gasteiger partial charge in [0.1, 0.15) is 5.78 Å². The van der Waals surface area contributed by atoms with E-state index >= 15 is 0 Å². The van der Waals surface area contributed by atoms with Crippen molar-refractivity contribution in [3.8, 4) is 0 Å². The average Bonchev–Trinajstić information content (AvgIpc) is 2.81. The van der Waals surface area contributed by atoms with Gasteiger partial charge in [0.25, 0.3) is 0 Å². The van der Waals surface area contributed by atoms with Crippen molar-refractivity contribution in [2.45, 2.75) is 39.0 Å². The number of rotatable bonds is 3. The van der Waals surface area contributed by atoms with Crippen molar-refractivity contribution in [1.82, 2.24) is 0 Å². The summed E-state index contributed by atoms with van der Waals surface area (Å²) in [5.41, 5.74) is 6.23. The summed E-state index contributed by atoms with van der Waals surface area (Å²) in [4.78, 5) is 12.6. The summed E-state index contributed by atoms with van der Waals surface area (Å²) in [6.07, 6.45) is 2.57. The minimum atomic E-state index is 0.104. The predicted octanol–water partition coefficient (Wildman–Crippen LogP) is 4.15. The van der Waals surface area contributed by atoms with E-state index in [1.807, 2.05) is 6.07 Å². The Morgan fingerprint density at radius 1 is 1.10 bits per heavy atom. The molecule has 0 heterocycles. The number of fused-ring (bicyclic) bond motifs is 1. The fourth-order valence-electron chi connectivity index (χ4n) is 3.39. The number of aryl methyl sites for hydroxylation is 3. The second kappa shape index (κ2) is 5.24. The molecule has 0 spiro atoms. The zero-order chi connectivity index (χ0) is 14.1. The van der Waals surface area contributed by atoms with Crippen LogP contribution in [-0.4, -0.2) is 5.78 Å². The number of benzene rings is 2. The maximum atomic E-state index is 12.6. The van der Waals surface area contributed by atoms with E-state index in [-0.39, 0.29) is 5.92 Å². The standard InChI is InChI=1S/C19H20O/c1-13-9-14(2)11-15(10-13)12-19(20)18-8-7-16-5-3-4-6-17(16)18/h3-6,9-11,18H,7-8,12H2,1-2H3. The van der Waals surface area contributed by atoms with Gasteiger partial charge in [-0.05, 0) is 43.4 Å². The van der Waals surface area contributed by atoms with Crippen molar-refractivity contribution < 1.29 is 4.79 Å². The Kier molecular flexibility index (Phi) is 3.43. The Bertz CT molecular complexity index is 634. The van der Waals surface area contributed by atoms with Crippen molar-refractivity contribution in [1.29, 1.82) is 0 Å². The molecule has 1 heteroatoms. The van der Waals surface area contributed by atoms with Crippen LogP contribution in [0.2, 0.25) is 0 Å². The number of hydrogen-bond donors (Lipinski definition) is 0. The first-order valence-electron chi connectivity index (χ1n) is 7.31. The Morgan fingerprint density at radius 2 is 1.80 bits per heavy atom. The van der Waals surface area contributed by atoms with Crippen molar-refractivity contribution in [3.63, 3.8) is 0 Å². The molecule has 1 nitrogen and oxygen atoms in total. The van der Waals surface area contributed by atoms with Crippen molar-refractivity contribution in [2.24, 2.45) is 0 Å². The van der Waals surface area contributed by atoms with Gasteiger partial charge in [-0.25, -0.2) is 0 Å². The monoisotopic (exact) mass is 264 g/mol. The SMILES string of the molecule is Cc1cc(C)cc(CC(=O)C2CCc3ccccc32)c1. The molecule has 0 radical (unpaired) electrons. The molecule has 2 aromatic rings. The van der Waals surface area contributed by atoms with Crippen molar-refractivity contribution in [3.05, 3.63) is 70.3 Å². The molecule has 0 aromatic heterocycles. The summed E-state index contributed by atoms with van der Waals surface area (Å²) < 4.78 is 0. The summed E-state index contributed by atoms with van der Waals surface area (Å²) >= 11 is 0. The minimum Gasteiger partial charge on any atom is -0.299 e. The fourth-order valence-corrected chi connectivity index (χ4v) is 3.39. The van der Waals surface area contributed by atoms with Gasteiger partial charge in [0.15, 0.2) is 0 Å². The van der Waals surface area contributed by atoms with Crippen LogP contribution >= 0.6 is 0 Å². The molecular formula is C19H20O. The van der Waals surface area contributed by atoms with Crippen LogP contribution in [0.5, 0.6) is 0 Å². The first kappa shape index (κ1) is 13.1. The van der Waals surface area contributed by atoms with Gasteiger partial charge in [0, 0.05) is 12.3 Å². The fraction of sp³-hybridized carbons (Fsp3) is 0.316. The van der Waals surface area contributed by atoms with E-state index in [9.17, 15) is 4.79 Å². The Hall–Kier alpha value is -1.89. The number of ketones is 1. The topological polar surface area (TPSA) is 17.1 Å². The molecule has 3 rings (SSSR count). The zero-order valence-electron chi connectivity index (χ0n) is 12.1. The largest absolute Gasteiger partial charge is 0.299 e. The lowest BCUT2D eigenvalue weighted by Gasteiger charge is -2.11. The first-order chi connectivity index (χ1) is 9.63. The van der Waals surface area contributed by atoms with Gasteiger partial charge < -0.3 is 0 Å². The summed E-state index contributed by atoms with van der Waals surface area (Å²) in [6.45, 7) is 4.18. The lowest BCUT2D eigenvalue weighted by molar-refractivity contribution is -0.119. The van der Waals surface area contributed by atoms with Crippen LogP contribution in [0.3, 0.4) is 0 Å². The van der Waals surface area contributed by atoms with E-state index < -0.39 is 0 Å². The molecule has 0 bridgehead atoms.